The second-order valence-electron chi connectivity index (χ2n) is 4.90. The van der Waals surface area contributed by atoms with Crippen LogP contribution in [0.15, 0.2) is 46.9 Å². The standard InChI is InChI=1S/C16H12BrN/c1-18-15-7-6-11(17)9-13(15)14-8-10-4-2-3-5-12(10)16(14)18/h2-9,16H,1H3. The van der Waals surface area contributed by atoms with Gasteiger partial charge in [-0.1, -0.05) is 40.2 Å². The number of rotatable bonds is 0. The molecule has 2 heteroatoms. The van der Waals surface area contributed by atoms with Crippen LogP contribution < -0.4 is 4.90 Å². The van der Waals surface area contributed by atoms with E-state index in [2.05, 4.69) is 76.4 Å². The molecule has 0 aromatic heterocycles. The van der Waals surface area contributed by atoms with Crippen LogP contribution in [0, 0.1) is 0 Å². The fourth-order valence-corrected chi connectivity index (χ4v) is 3.49. The van der Waals surface area contributed by atoms with Crippen LogP contribution in [-0.2, 0) is 0 Å². The highest BCUT2D eigenvalue weighted by atomic mass is 79.9. The van der Waals surface area contributed by atoms with E-state index in [1.165, 1.54) is 28.0 Å². The van der Waals surface area contributed by atoms with E-state index in [1.807, 2.05) is 0 Å². The van der Waals surface area contributed by atoms with Gasteiger partial charge in [-0.05, 0) is 41.0 Å². The van der Waals surface area contributed by atoms with Gasteiger partial charge in [0, 0.05) is 22.8 Å². The number of anilines is 1. The summed E-state index contributed by atoms with van der Waals surface area (Å²) in [4.78, 5) is 2.37. The molecule has 2 aromatic rings. The first kappa shape index (κ1) is 10.4. The Morgan fingerprint density at radius 3 is 2.83 bits per heavy atom. The molecule has 88 valence electrons. The predicted molar refractivity (Wildman–Crippen MR) is 79.6 cm³/mol. The Balaban J connectivity index is 1.98. The molecule has 1 unspecified atom stereocenters. The summed E-state index contributed by atoms with van der Waals surface area (Å²) in [5.74, 6) is 0. The Kier molecular flexibility index (Phi) is 2.01. The van der Waals surface area contributed by atoms with Gasteiger partial charge in [0.05, 0.1) is 6.04 Å². The summed E-state index contributed by atoms with van der Waals surface area (Å²) in [7, 11) is 2.18. The Hall–Kier alpha value is -1.54. The van der Waals surface area contributed by atoms with E-state index in [4.69, 9.17) is 0 Å². The van der Waals surface area contributed by atoms with Gasteiger partial charge in [0.2, 0.25) is 0 Å². The molecule has 1 atom stereocenters. The minimum atomic E-state index is 0.394. The molecule has 1 heterocycles. The van der Waals surface area contributed by atoms with E-state index < -0.39 is 0 Å². The zero-order valence-electron chi connectivity index (χ0n) is 10.0. The molecular formula is C16H12BrN. The summed E-state index contributed by atoms with van der Waals surface area (Å²) in [5, 5.41) is 0. The average Bonchev–Trinajstić information content (AvgIpc) is 2.87. The van der Waals surface area contributed by atoms with Gasteiger partial charge in [0.1, 0.15) is 0 Å². The monoisotopic (exact) mass is 297 g/mol. The number of likely N-dealkylation sites (N-methyl/N-ethyl adjacent to an activating group) is 1. The smallest absolute Gasteiger partial charge is 0.0805 e. The van der Waals surface area contributed by atoms with E-state index >= 15 is 0 Å². The van der Waals surface area contributed by atoms with E-state index in [0.29, 0.717) is 6.04 Å². The van der Waals surface area contributed by atoms with Crippen molar-refractivity contribution in [2.45, 2.75) is 6.04 Å². The molecule has 0 amide bonds. The third-order valence-corrected chi connectivity index (χ3v) is 4.43. The summed E-state index contributed by atoms with van der Waals surface area (Å²) in [6, 6.07) is 15.6. The van der Waals surface area contributed by atoms with Crippen LogP contribution in [0.5, 0.6) is 0 Å². The fourth-order valence-electron chi connectivity index (χ4n) is 3.13. The highest BCUT2D eigenvalue weighted by molar-refractivity contribution is 9.10. The largest absolute Gasteiger partial charge is 0.363 e. The summed E-state index contributed by atoms with van der Waals surface area (Å²) in [6.07, 6.45) is 2.33. The van der Waals surface area contributed by atoms with Crippen molar-refractivity contribution in [1.29, 1.82) is 0 Å². The molecule has 2 aromatic carbocycles. The summed E-state index contributed by atoms with van der Waals surface area (Å²) in [5.41, 5.74) is 6.88. The molecule has 2 aliphatic rings. The van der Waals surface area contributed by atoms with Crippen LogP contribution in [0.2, 0.25) is 0 Å². The third-order valence-electron chi connectivity index (χ3n) is 3.93. The van der Waals surface area contributed by atoms with Crippen molar-refractivity contribution in [3.8, 4) is 0 Å². The van der Waals surface area contributed by atoms with Crippen LogP contribution in [0.25, 0.3) is 11.6 Å². The van der Waals surface area contributed by atoms with Crippen molar-refractivity contribution < 1.29 is 0 Å². The molecule has 0 saturated heterocycles. The van der Waals surface area contributed by atoms with Gasteiger partial charge in [-0.15, -0.1) is 0 Å². The zero-order valence-corrected chi connectivity index (χ0v) is 11.6. The van der Waals surface area contributed by atoms with Crippen molar-refractivity contribution in [3.05, 3.63) is 63.6 Å². The van der Waals surface area contributed by atoms with Gasteiger partial charge in [0.15, 0.2) is 0 Å². The number of hydrogen-bond donors (Lipinski definition) is 0. The number of fused-ring (bicyclic) bond motifs is 5. The van der Waals surface area contributed by atoms with E-state index in [9.17, 15) is 0 Å². The second-order valence-corrected chi connectivity index (χ2v) is 5.82. The molecule has 0 fully saturated rings. The topological polar surface area (TPSA) is 3.24 Å². The van der Waals surface area contributed by atoms with Crippen molar-refractivity contribution in [2.24, 2.45) is 0 Å². The number of hydrogen-bond acceptors (Lipinski definition) is 1. The maximum absolute atomic E-state index is 3.57. The lowest BCUT2D eigenvalue weighted by atomic mass is 10.0. The van der Waals surface area contributed by atoms with Gasteiger partial charge in [-0.3, -0.25) is 0 Å². The van der Waals surface area contributed by atoms with Gasteiger partial charge in [0.25, 0.3) is 0 Å². The summed E-state index contributed by atoms with van der Waals surface area (Å²) >= 11 is 3.57. The molecular weight excluding hydrogens is 286 g/mol. The van der Waals surface area contributed by atoms with Crippen molar-refractivity contribution in [1.82, 2.24) is 0 Å². The maximum atomic E-state index is 3.57. The second kappa shape index (κ2) is 3.48. The minimum Gasteiger partial charge on any atom is -0.363 e. The molecule has 1 aliphatic heterocycles. The van der Waals surface area contributed by atoms with Crippen LogP contribution in [0.1, 0.15) is 22.7 Å². The molecule has 0 saturated carbocycles. The van der Waals surface area contributed by atoms with Crippen LogP contribution in [-0.4, -0.2) is 7.05 Å². The van der Waals surface area contributed by atoms with Crippen molar-refractivity contribution in [3.63, 3.8) is 0 Å². The molecule has 4 rings (SSSR count). The van der Waals surface area contributed by atoms with E-state index in [-0.39, 0.29) is 0 Å². The molecule has 0 N–H and O–H groups in total. The Morgan fingerprint density at radius 1 is 1.11 bits per heavy atom. The highest BCUT2D eigenvalue weighted by Crippen LogP contribution is 2.53. The zero-order chi connectivity index (χ0) is 12.3. The maximum Gasteiger partial charge on any atom is 0.0805 e. The number of halogens is 1. The molecule has 0 spiro atoms. The molecule has 18 heavy (non-hydrogen) atoms. The first-order chi connectivity index (χ1) is 8.75. The minimum absolute atomic E-state index is 0.394. The highest BCUT2D eigenvalue weighted by Gasteiger charge is 2.36. The van der Waals surface area contributed by atoms with Crippen LogP contribution >= 0.6 is 15.9 Å². The van der Waals surface area contributed by atoms with E-state index in [0.717, 1.165) is 4.47 Å². The normalized spacial score (nSPS) is 19.3. The van der Waals surface area contributed by atoms with Crippen molar-refractivity contribution >= 4 is 33.3 Å². The number of nitrogens with zero attached hydrogens (tertiary/aromatic N) is 1. The molecule has 1 aliphatic carbocycles. The van der Waals surface area contributed by atoms with Crippen molar-refractivity contribution in [2.75, 3.05) is 11.9 Å². The lowest BCUT2D eigenvalue weighted by Crippen LogP contribution is -2.17. The van der Waals surface area contributed by atoms with Gasteiger partial charge >= 0.3 is 0 Å². The average molecular weight is 298 g/mol. The number of benzene rings is 2. The SMILES string of the molecule is CN1c2ccc(Br)cc2C2=Cc3ccccc3C21. The van der Waals surface area contributed by atoms with E-state index in [1.54, 1.807) is 0 Å². The first-order valence-corrected chi connectivity index (χ1v) is 6.88. The Labute approximate surface area is 115 Å². The lowest BCUT2D eigenvalue weighted by Gasteiger charge is -2.22. The van der Waals surface area contributed by atoms with Gasteiger partial charge in [-0.25, -0.2) is 0 Å². The van der Waals surface area contributed by atoms with Crippen LogP contribution in [0.3, 0.4) is 0 Å². The quantitative estimate of drug-likeness (QED) is 0.692. The van der Waals surface area contributed by atoms with Gasteiger partial charge < -0.3 is 4.90 Å². The Morgan fingerprint density at radius 2 is 1.94 bits per heavy atom. The van der Waals surface area contributed by atoms with Gasteiger partial charge in [-0.2, -0.15) is 0 Å². The lowest BCUT2D eigenvalue weighted by molar-refractivity contribution is 0.870. The molecule has 0 bridgehead atoms. The first-order valence-electron chi connectivity index (χ1n) is 6.09. The molecule has 0 radical (unpaired) electrons. The molecule has 1 nitrogen and oxygen atoms in total. The van der Waals surface area contributed by atoms with Crippen LogP contribution in [0.4, 0.5) is 5.69 Å². The Bertz CT molecular complexity index is 687. The summed E-state index contributed by atoms with van der Waals surface area (Å²) in [6.45, 7) is 0. The predicted octanol–water partition coefficient (Wildman–Crippen LogP) is 4.49. The fraction of sp³-hybridized carbons (Fsp3) is 0.125. The summed E-state index contributed by atoms with van der Waals surface area (Å²) < 4.78 is 1.15. The third kappa shape index (κ3) is 1.21.